The molecule has 12 heavy (non-hydrogen) atoms. The highest BCUT2D eigenvalue weighted by Crippen LogP contribution is 2.27. The first-order valence-corrected chi connectivity index (χ1v) is 4.48. The monoisotopic (exact) mass is 172 g/mol. The van der Waals surface area contributed by atoms with Gasteiger partial charge in [-0.3, -0.25) is 0 Å². The van der Waals surface area contributed by atoms with Crippen LogP contribution in [0.4, 0.5) is 0 Å². The number of hydrogen-bond acceptors (Lipinski definition) is 3. The summed E-state index contributed by atoms with van der Waals surface area (Å²) in [5.41, 5.74) is 5.67. The average molecular weight is 172 g/mol. The molecule has 0 aliphatic carbocycles. The number of piperidine rings is 1. The van der Waals surface area contributed by atoms with Crippen molar-refractivity contribution in [2.24, 2.45) is 5.73 Å². The van der Waals surface area contributed by atoms with Crippen molar-refractivity contribution in [3.05, 3.63) is 0 Å². The molecule has 3 nitrogen and oxygen atoms in total. The summed E-state index contributed by atoms with van der Waals surface area (Å²) < 4.78 is 0. The van der Waals surface area contributed by atoms with E-state index in [0.717, 1.165) is 6.42 Å². The van der Waals surface area contributed by atoms with E-state index in [1.54, 1.807) is 0 Å². The molecule has 4 N–H and O–H groups in total. The molecule has 0 spiro atoms. The summed E-state index contributed by atoms with van der Waals surface area (Å²) in [6.45, 7) is 8.23. The van der Waals surface area contributed by atoms with Gasteiger partial charge in [0.2, 0.25) is 0 Å². The molecule has 2 unspecified atom stereocenters. The normalized spacial score (nSPS) is 39.5. The van der Waals surface area contributed by atoms with Crippen molar-refractivity contribution < 1.29 is 5.11 Å². The number of nitrogens with two attached hydrogens (primary N) is 1. The molecular formula is C9H20N2O. The smallest absolute Gasteiger partial charge is 0.0726 e. The molecule has 3 heteroatoms. The van der Waals surface area contributed by atoms with Crippen molar-refractivity contribution in [3.63, 3.8) is 0 Å². The molecule has 0 aromatic heterocycles. The van der Waals surface area contributed by atoms with Crippen molar-refractivity contribution in [3.8, 4) is 0 Å². The Morgan fingerprint density at radius 3 is 2.25 bits per heavy atom. The Morgan fingerprint density at radius 2 is 1.83 bits per heavy atom. The molecule has 72 valence electrons. The van der Waals surface area contributed by atoms with Crippen molar-refractivity contribution in [2.75, 3.05) is 0 Å². The molecule has 1 saturated heterocycles. The number of rotatable bonds is 0. The number of aliphatic hydroxyl groups excluding tert-OH is 1. The zero-order chi connectivity index (χ0) is 9.57. The average Bonchev–Trinajstić information content (AvgIpc) is 1.79. The van der Waals surface area contributed by atoms with Crippen molar-refractivity contribution in [2.45, 2.75) is 57.3 Å². The lowest BCUT2D eigenvalue weighted by Crippen LogP contribution is -2.69. The Balaban J connectivity index is 2.80. The Kier molecular flexibility index (Phi) is 2.23. The molecule has 0 amide bonds. The SMILES string of the molecule is CC1(C)CC(O)C(N)C(C)(C)N1. The van der Waals surface area contributed by atoms with E-state index < -0.39 is 6.10 Å². The van der Waals surface area contributed by atoms with Gasteiger partial charge in [-0.25, -0.2) is 0 Å². The van der Waals surface area contributed by atoms with Crippen molar-refractivity contribution in [1.82, 2.24) is 5.32 Å². The van der Waals surface area contributed by atoms with E-state index in [1.165, 1.54) is 0 Å². The maximum absolute atomic E-state index is 9.68. The predicted molar refractivity (Wildman–Crippen MR) is 49.9 cm³/mol. The van der Waals surface area contributed by atoms with E-state index in [2.05, 4.69) is 19.2 Å². The molecule has 1 rings (SSSR count). The van der Waals surface area contributed by atoms with Crippen LogP contribution in [0.25, 0.3) is 0 Å². The zero-order valence-electron chi connectivity index (χ0n) is 8.39. The second kappa shape index (κ2) is 2.69. The van der Waals surface area contributed by atoms with Gasteiger partial charge in [0.15, 0.2) is 0 Å². The van der Waals surface area contributed by atoms with Gasteiger partial charge in [0.25, 0.3) is 0 Å². The molecule has 0 aromatic carbocycles. The molecule has 1 heterocycles. The Morgan fingerprint density at radius 1 is 1.33 bits per heavy atom. The van der Waals surface area contributed by atoms with Crippen LogP contribution in [0, 0.1) is 0 Å². The molecule has 0 saturated carbocycles. The quantitative estimate of drug-likeness (QED) is 0.490. The summed E-state index contributed by atoms with van der Waals surface area (Å²) in [5.74, 6) is 0. The van der Waals surface area contributed by atoms with Crippen LogP contribution in [0.15, 0.2) is 0 Å². The topological polar surface area (TPSA) is 58.3 Å². The van der Waals surface area contributed by atoms with E-state index in [-0.39, 0.29) is 17.1 Å². The van der Waals surface area contributed by atoms with Crippen LogP contribution in [0.3, 0.4) is 0 Å². The van der Waals surface area contributed by atoms with E-state index in [1.807, 2.05) is 13.8 Å². The van der Waals surface area contributed by atoms with Gasteiger partial charge in [-0.2, -0.15) is 0 Å². The van der Waals surface area contributed by atoms with E-state index >= 15 is 0 Å². The van der Waals surface area contributed by atoms with Gasteiger partial charge in [-0.15, -0.1) is 0 Å². The summed E-state index contributed by atoms with van der Waals surface area (Å²) in [6, 6.07) is -0.175. The first-order chi connectivity index (χ1) is 5.25. The van der Waals surface area contributed by atoms with Crippen LogP contribution in [0.5, 0.6) is 0 Å². The van der Waals surface area contributed by atoms with Gasteiger partial charge in [0.1, 0.15) is 0 Å². The highest BCUT2D eigenvalue weighted by Gasteiger charge is 2.42. The third kappa shape index (κ3) is 1.79. The Labute approximate surface area is 74.3 Å². The minimum Gasteiger partial charge on any atom is -0.391 e. The lowest BCUT2D eigenvalue weighted by Gasteiger charge is -2.49. The van der Waals surface area contributed by atoms with Crippen molar-refractivity contribution in [1.29, 1.82) is 0 Å². The summed E-state index contributed by atoms with van der Waals surface area (Å²) in [4.78, 5) is 0. The summed E-state index contributed by atoms with van der Waals surface area (Å²) in [5, 5.41) is 13.1. The minimum absolute atomic E-state index is 0.0151. The van der Waals surface area contributed by atoms with E-state index in [9.17, 15) is 5.11 Å². The fourth-order valence-corrected chi connectivity index (χ4v) is 2.14. The summed E-state index contributed by atoms with van der Waals surface area (Å²) >= 11 is 0. The first-order valence-electron chi connectivity index (χ1n) is 4.48. The molecule has 2 atom stereocenters. The lowest BCUT2D eigenvalue weighted by atomic mass is 9.77. The molecule has 1 aliphatic heterocycles. The zero-order valence-corrected chi connectivity index (χ0v) is 8.39. The summed E-state index contributed by atoms with van der Waals surface area (Å²) in [7, 11) is 0. The molecule has 0 aromatic rings. The van der Waals surface area contributed by atoms with Gasteiger partial charge in [0, 0.05) is 17.1 Å². The third-order valence-corrected chi connectivity index (χ3v) is 2.63. The van der Waals surface area contributed by atoms with Crippen LogP contribution in [-0.4, -0.2) is 28.3 Å². The first kappa shape index (κ1) is 9.96. The van der Waals surface area contributed by atoms with Gasteiger partial charge in [-0.05, 0) is 34.1 Å². The molecule has 0 bridgehead atoms. The molecule has 1 aliphatic rings. The van der Waals surface area contributed by atoms with Crippen LogP contribution in [0.2, 0.25) is 0 Å². The third-order valence-electron chi connectivity index (χ3n) is 2.63. The minimum atomic E-state index is -0.392. The highest BCUT2D eigenvalue weighted by atomic mass is 16.3. The highest BCUT2D eigenvalue weighted by molar-refractivity contribution is 5.04. The number of aliphatic hydroxyl groups is 1. The van der Waals surface area contributed by atoms with Crippen molar-refractivity contribution >= 4 is 0 Å². The van der Waals surface area contributed by atoms with Crippen LogP contribution in [0.1, 0.15) is 34.1 Å². The maximum Gasteiger partial charge on any atom is 0.0726 e. The van der Waals surface area contributed by atoms with Gasteiger partial charge < -0.3 is 16.2 Å². The van der Waals surface area contributed by atoms with Crippen LogP contribution < -0.4 is 11.1 Å². The number of hydrogen-bond donors (Lipinski definition) is 3. The standard InChI is InChI=1S/C9H20N2O/c1-8(2)5-6(12)7(10)9(3,4)11-8/h6-7,11-12H,5,10H2,1-4H3. The molecule has 1 fully saturated rings. The van der Waals surface area contributed by atoms with E-state index in [0.29, 0.717) is 0 Å². The second-order valence-corrected chi connectivity index (χ2v) is 5.03. The van der Waals surface area contributed by atoms with Crippen LogP contribution in [-0.2, 0) is 0 Å². The second-order valence-electron chi connectivity index (χ2n) is 5.03. The molecule has 0 radical (unpaired) electrons. The predicted octanol–water partition coefficient (Wildman–Crippen LogP) is 0.225. The number of nitrogens with one attached hydrogen (secondary N) is 1. The Hall–Kier alpha value is -0.120. The fraction of sp³-hybridized carbons (Fsp3) is 1.00. The lowest BCUT2D eigenvalue weighted by molar-refractivity contribution is 0.0179. The summed E-state index contributed by atoms with van der Waals surface area (Å²) in [6.07, 6.45) is 0.327. The largest absolute Gasteiger partial charge is 0.391 e. The van der Waals surface area contributed by atoms with Gasteiger partial charge in [-0.1, -0.05) is 0 Å². The van der Waals surface area contributed by atoms with Crippen LogP contribution >= 0.6 is 0 Å². The van der Waals surface area contributed by atoms with Gasteiger partial charge in [0.05, 0.1) is 6.10 Å². The molecular weight excluding hydrogens is 152 g/mol. The van der Waals surface area contributed by atoms with Gasteiger partial charge >= 0.3 is 0 Å². The van der Waals surface area contributed by atoms with E-state index in [4.69, 9.17) is 5.73 Å². The Bertz CT molecular complexity index is 177. The fourth-order valence-electron chi connectivity index (χ4n) is 2.14. The maximum atomic E-state index is 9.68.